The van der Waals surface area contributed by atoms with Crippen LogP contribution in [-0.2, 0) is 14.6 Å². The Balaban J connectivity index is 2.99. The number of hydrogen-bond acceptors (Lipinski definition) is 4. The van der Waals surface area contributed by atoms with Crippen molar-refractivity contribution in [3.8, 4) is 5.75 Å². The van der Waals surface area contributed by atoms with Gasteiger partial charge in [0.1, 0.15) is 5.75 Å². The second-order valence-corrected chi connectivity index (χ2v) is 6.68. The number of aliphatic carboxylic acids is 1. The Kier molecular flexibility index (Phi) is 4.94. The molecular formula is C13H18O5S. The molecule has 1 aromatic carbocycles. The van der Waals surface area contributed by atoms with E-state index in [1.165, 1.54) is 31.4 Å². The van der Waals surface area contributed by atoms with Crippen molar-refractivity contribution < 1.29 is 23.1 Å². The third kappa shape index (κ3) is 3.96. The monoisotopic (exact) mass is 286 g/mol. The van der Waals surface area contributed by atoms with Crippen molar-refractivity contribution in [3.05, 3.63) is 24.3 Å². The first-order chi connectivity index (χ1) is 8.77. The zero-order valence-electron chi connectivity index (χ0n) is 11.2. The molecule has 0 aliphatic carbocycles. The van der Waals surface area contributed by atoms with Gasteiger partial charge in [-0.2, -0.15) is 0 Å². The zero-order valence-corrected chi connectivity index (χ0v) is 12.0. The Hall–Kier alpha value is -1.56. The standard InChI is InChI=1S/C13H18O5S/c1-9(2)12(13(14)15)8-19(16,17)11-6-4-10(18-3)5-7-11/h4-7,9,12H,8H2,1-3H3,(H,14,15). The van der Waals surface area contributed by atoms with E-state index in [-0.39, 0.29) is 10.8 Å². The Bertz CT molecular complexity index is 531. The van der Waals surface area contributed by atoms with E-state index >= 15 is 0 Å². The first-order valence-corrected chi connectivity index (χ1v) is 7.52. The summed E-state index contributed by atoms with van der Waals surface area (Å²) in [4.78, 5) is 11.2. The van der Waals surface area contributed by atoms with Crippen molar-refractivity contribution in [1.29, 1.82) is 0 Å². The number of carboxylic acid groups (broad SMARTS) is 1. The fraction of sp³-hybridized carbons (Fsp3) is 0.462. The molecule has 5 nitrogen and oxygen atoms in total. The van der Waals surface area contributed by atoms with Gasteiger partial charge in [0, 0.05) is 0 Å². The molecule has 0 amide bonds. The molecule has 0 heterocycles. The van der Waals surface area contributed by atoms with E-state index in [4.69, 9.17) is 9.84 Å². The molecule has 1 N–H and O–H groups in total. The van der Waals surface area contributed by atoms with E-state index in [1.807, 2.05) is 0 Å². The Morgan fingerprint density at radius 3 is 2.16 bits per heavy atom. The van der Waals surface area contributed by atoms with Crippen LogP contribution in [0.2, 0.25) is 0 Å². The zero-order chi connectivity index (χ0) is 14.6. The van der Waals surface area contributed by atoms with Crippen LogP contribution in [0.1, 0.15) is 13.8 Å². The molecule has 19 heavy (non-hydrogen) atoms. The van der Waals surface area contributed by atoms with Crippen molar-refractivity contribution in [1.82, 2.24) is 0 Å². The number of hydrogen-bond donors (Lipinski definition) is 1. The molecule has 6 heteroatoms. The molecule has 1 unspecified atom stereocenters. The molecule has 0 spiro atoms. The molecule has 0 saturated carbocycles. The molecule has 0 aliphatic rings. The maximum Gasteiger partial charge on any atom is 0.307 e. The summed E-state index contributed by atoms with van der Waals surface area (Å²) in [5, 5.41) is 9.05. The summed E-state index contributed by atoms with van der Waals surface area (Å²) in [6, 6.07) is 5.93. The van der Waals surface area contributed by atoms with E-state index in [0.29, 0.717) is 5.75 Å². The second kappa shape index (κ2) is 6.06. The topological polar surface area (TPSA) is 80.7 Å². The van der Waals surface area contributed by atoms with Crippen LogP contribution in [0.25, 0.3) is 0 Å². The Morgan fingerprint density at radius 1 is 1.26 bits per heavy atom. The van der Waals surface area contributed by atoms with Gasteiger partial charge in [-0.3, -0.25) is 4.79 Å². The molecule has 0 bridgehead atoms. The highest BCUT2D eigenvalue weighted by atomic mass is 32.2. The minimum Gasteiger partial charge on any atom is -0.497 e. The lowest BCUT2D eigenvalue weighted by atomic mass is 9.98. The minimum atomic E-state index is -3.61. The van der Waals surface area contributed by atoms with E-state index in [1.54, 1.807) is 13.8 Å². The molecule has 1 atom stereocenters. The van der Waals surface area contributed by atoms with Crippen LogP contribution in [0.3, 0.4) is 0 Å². The second-order valence-electron chi connectivity index (χ2n) is 4.65. The predicted octanol–water partition coefficient (Wildman–Crippen LogP) is 1.83. The summed E-state index contributed by atoms with van der Waals surface area (Å²) < 4.78 is 29.2. The van der Waals surface area contributed by atoms with E-state index in [9.17, 15) is 13.2 Å². The van der Waals surface area contributed by atoms with Crippen molar-refractivity contribution in [3.63, 3.8) is 0 Å². The van der Waals surface area contributed by atoms with Crippen molar-refractivity contribution in [2.75, 3.05) is 12.9 Å². The van der Waals surface area contributed by atoms with Crippen LogP contribution >= 0.6 is 0 Å². The number of benzene rings is 1. The van der Waals surface area contributed by atoms with Gasteiger partial charge < -0.3 is 9.84 Å². The number of rotatable bonds is 6. The average molecular weight is 286 g/mol. The first kappa shape index (κ1) is 15.5. The molecule has 106 valence electrons. The molecule has 0 saturated heterocycles. The van der Waals surface area contributed by atoms with Gasteiger partial charge in [0.2, 0.25) is 0 Å². The minimum absolute atomic E-state index is 0.111. The average Bonchev–Trinajstić information content (AvgIpc) is 2.35. The fourth-order valence-electron chi connectivity index (χ4n) is 1.66. The highest BCUT2D eigenvalue weighted by molar-refractivity contribution is 7.91. The predicted molar refractivity (Wildman–Crippen MR) is 71.0 cm³/mol. The van der Waals surface area contributed by atoms with Crippen LogP contribution in [0.15, 0.2) is 29.2 Å². The molecule has 0 aromatic heterocycles. The number of methoxy groups -OCH3 is 1. The molecule has 0 aliphatic heterocycles. The normalized spacial score (nSPS) is 13.3. The van der Waals surface area contributed by atoms with Gasteiger partial charge in [0.05, 0.1) is 23.7 Å². The van der Waals surface area contributed by atoms with Crippen molar-refractivity contribution >= 4 is 15.8 Å². The quantitative estimate of drug-likeness (QED) is 0.862. The van der Waals surface area contributed by atoms with E-state index in [0.717, 1.165) is 0 Å². The summed E-state index contributed by atoms with van der Waals surface area (Å²) in [7, 11) is -2.12. The van der Waals surface area contributed by atoms with Crippen molar-refractivity contribution in [2.24, 2.45) is 11.8 Å². The van der Waals surface area contributed by atoms with Gasteiger partial charge in [-0.15, -0.1) is 0 Å². The van der Waals surface area contributed by atoms with Crippen LogP contribution in [0, 0.1) is 11.8 Å². The van der Waals surface area contributed by atoms with Crippen LogP contribution in [0.4, 0.5) is 0 Å². The van der Waals surface area contributed by atoms with Crippen LogP contribution in [0.5, 0.6) is 5.75 Å². The lowest BCUT2D eigenvalue weighted by molar-refractivity contribution is -0.142. The molecule has 0 radical (unpaired) electrons. The van der Waals surface area contributed by atoms with Gasteiger partial charge in [-0.05, 0) is 30.2 Å². The lowest BCUT2D eigenvalue weighted by Gasteiger charge is -2.16. The summed E-state index contributed by atoms with van der Waals surface area (Å²) in [5.41, 5.74) is 0. The van der Waals surface area contributed by atoms with Gasteiger partial charge in [0.25, 0.3) is 0 Å². The number of sulfone groups is 1. The van der Waals surface area contributed by atoms with Crippen molar-refractivity contribution in [2.45, 2.75) is 18.7 Å². The number of carboxylic acids is 1. The number of carbonyl (C=O) groups is 1. The summed E-state index contributed by atoms with van der Waals surface area (Å²) >= 11 is 0. The van der Waals surface area contributed by atoms with Gasteiger partial charge >= 0.3 is 5.97 Å². The molecule has 1 rings (SSSR count). The highest BCUT2D eigenvalue weighted by Gasteiger charge is 2.29. The molecule has 1 aromatic rings. The third-order valence-corrected chi connectivity index (χ3v) is 4.73. The van der Waals surface area contributed by atoms with E-state index < -0.39 is 27.5 Å². The maximum absolute atomic E-state index is 12.1. The third-order valence-electron chi connectivity index (χ3n) is 2.94. The van der Waals surface area contributed by atoms with Gasteiger partial charge in [0.15, 0.2) is 9.84 Å². The Labute approximate surface area is 113 Å². The first-order valence-electron chi connectivity index (χ1n) is 5.87. The van der Waals surface area contributed by atoms with Gasteiger partial charge in [-0.1, -0.05) is 13.8 Å². The summed E-state index contributed by atoms with van der Waals surface area (Å²) in [5.74, 6) is -2.09. The van der Waals surface area contributed by atoms with Crippen LogP contribution in [-0.4, -0.2) is 32.4 Å². The largest absolute Gasteiger partial charge is 0.497 e. The smallest absolute Gasteiger partial charge is 0.307 e. The SMILES string of the molecule is COc1ccc(S(=O)(=O)CC(C(=O)O)C(C)C)cc1. The van der Waals surface area contributed by atoms with Crippen LogP contribution < -0.4 is 4.74 Å². The summed E-state index contributed by atoms with van der Waals surface area (Å²) in [6.07, 6.45) is 0. The highest BCUT2D eigenvalue weighted by Crippen LogP contribution is 2.21. The number of ether oxygens (including phenoxy) is 1. The molecule has 0 fully saturated rings. The molecular weight excluding hydrogens is 268 g/mol. The Morgan fingerprint density at radius 2 is 1.79 bits per heavy atom. The van der Waals surface area contributed by atoms with E-state index in [2.05, 4.69) is 0 Å². The lowest BCUT2D eigenvalue weighted by Crippen LogP contribution is -2.28. The van der Waals surface area contributed by atoms with Gasteiger partial charge in [-0.25, -0.2) is 8.42 Å². The maximum atomic E-state index is 12.1. The fourth-order valence-corrected chi connectivity index (χ4v) is 3.41. The summed E-state index contributed by atoms with van der Waals surface area (Å²) in [6.45, 7) is 3.39.